The van der Waals surface area contributed by atoms with E-state index in [2.05, 4.69) is 4.90 Å². The van der Waals surface area contributed by atoms with Crippen LogP contribution in [0.5, 0.6) is 0 Å². The normalized spacial score (nSPS) is 20.8. The third kappa shape index (κ3) is 4.58. The summed E-state index contributed by atoms with van der Waals surface area (Å²) in [7, 11) is 3.93. The third-order valence-electron chi connectivity index (χ3n) is 5.66. The molecule has 1 aromatic carbocycles. The fourth-order valence-corrected chi connectivity index (χ4v) is 4.14. The van der Waals surface area contributed by atoms with E-state index in [4.69, 9.17) is 4.74 Å². The fourth-order valence-electron chi connectivity index (χ4n) is 4.14. The zero-order chi connectivity index (χ0) is 20.1. The number of piperazine rings is 1. The summed E-state index contributed by atoms with van der Waals surface area (Å²) >= 11 is 0. The molecule has 0 saturated carbocycles. The van der Waals surface area contributed by atoms with Gasteiger partial charge in [-0.25, -0.2) is 4.79 Å². The zero-order valence-corrected chi connectivity index (χ0v) is 17.3. The summed E-state index contributed by atoms with van der Waals surface area (Å²) in [5.41, 5.74) is 1.72. The lowest BCUT2D eigenvalue weighted by Crippen LogP contribution is -2.56. The number of anilines is 1. The summed E-state index contributed by atoms with van der Waals surface area (Å²) in [5.74, 6) is 0.110. The Bertz CT molecular complexity index is 686. The fraction of sp³-hybridized carbons (Fsp3) is 0.619. The number of piperidine rings is 1. The van der Waals surface area contributed by atoms with Gasteiger partial charge in [-0.2, -0.15) is 0 Å². The molecule has 0 bridgehead atoms. The Labute approximate surface area is 167 Å². The maximum absolute atomic E-state index is 13.2. The van der Waals surface area contributed by atoms with Crippen molar-refractivity contribution in [3.05, 3.63) is 29.8 Å². The van der Waals surface area contributed by atoms with Crippen LogP contribution in [0.25, 0.3) is 0 Å². The number of ether oxygens (including phenoxy) is 1. The van der Waals surface area contributed by atoms with Crippen molar-refractivity contribution in [3.63, 3.8) is 0 Å². The molecule has 154 valence electrons. The van der Waals surface area contributed by atoms with E-state index < -0.39 is 0 Å². The number of benzene rings is 1. The van der Waals surface area contributed by atoms with Crippen molar-refractivity contribution in [1.82, 2.24) is 14.7 Å². The maximum Gasteiger partial charge on any atom is 0.409 e. The van der Waals surface area contributed by atoms with E-state index in [9.17, 15) is 9.59 Å². The maximum atomic E-state index is 13.2. The largest absolute Gasteiger partial charge is 0.450 e. The van der Waals surface area contributed by atoms with Gasteiger partial charge in [0, 0.05) is 65.1 Å². The average Bonchev–Trinajstić information content (AvgIpc) is 2.73. The number of hydrogen-bond donors (Lipinski definition) is 0. The van der Waals surface area contributed by atoms with E-state index in [1.807, 2.05) is 55.1 Å². The standard InChI is InChI=1S/C21H32N4O3/c1-4-28-21(27)24-14-12-23(13-15-24)17-8-7-11-25(16-17)20(26)18-9-5-6-10-19(18)22(2)3/h5-6,9-10,17H,4,7-8,11-16H2,1-3H3/t17-/m0/s1. The number of carbonyl (C=O) groups is 2. The van der Waals surface area contributed by atoms with Gasteiger partial charge in [0.15, 0.2) is 0 Å². The second kappa shape index (κ2) is 9.28. The highest BCUT2D eigenvalue weighted by molar-refractivity contribution is 5.99. The minimum atomic E-state index is -0.220. The second-order valence-corrected chi connectivity index (χ2v) is 7.68. The quantitative estimate of drug-likeness (QED) is 0.791. The molecule has 28 heavy (non-hydrogen) atoms. The monoisotopic (exact) mass is 388 g/mol. The Balaban J connectivity index is 1.61. The van der Waals surface area contributed by atoms with Crippen LogP contribution in [0, 0.1) is 0 Å². The highest BCUT2D eigenvalue weighted by Crippen LogP contribution is 2.24. The number of hydrogen-bond acceptors (Lipinski definition) is 5. The van der Waals surface area contributed by atoms with Crippen LogP contribution in [0.3, 0.4) is 0 Å². The number of rotatable bonds is 4. The summed E-state index contributed by atoms with van der Waals surface area (Å²) in [6, 6.07) is 8.15. The molecule has 0 aliphatic carbocycles. The molecule has 7 nitrogen and oxygen atoms in total. The molecular weight excluding hydrogens is 356 g/mol. The van der Waals surface area contributed by atoms with Crippen LogP contribution < -0.4 is 4.90 Å². The van der Waals surface area contributed by atoms with Crippen molar-refractivity contribution in [1.29, 1.82) is 0 Å². The van der Waals surface area contributed by atoms with E-state index in [1.54, 1.807) is 4.90 Å². The third-order valence-corrected chi connectivity index (χ3v) is 5.66. The minimum absolute atomic E-state index is 0.110. The van der Waals surface area contributed by atoms with Gasteiger partial charge in [-0.05, 0) is 31.9 Å². The van der Waals surface area contributed by atoms with Crippen molar-refractivity contribution < 1.29 is 14.3 Å². The lowest BCUT2D eigenvalue weighted by molar-refractivity contribution is 0.0378. The van der Waals surface area contributed by atoms with Gasteiger partial charge in [0.05, 0.1) is 12.2 Å². The van der Waals surface area contributed by atoms with Gasteiger partial charge < -0.3 is 19.4 Å². The van der Waals surface area contributed by atoms with Crippen LogP contribution in [0.15, 0.2) is 24.3 Å². The van der Waals surface area contributed by atoms with E-state index in [0.29, 0.717) is 25.7 Å². The minimum Gasteiger partial charge on any atom is -0.450 e. The first-order chi connectivity index (χ1) is 13.5. The van der Waals surface area contributed by atoms with Gasteiger partial charge in [0.2, 0.25) is 0 Å². The van der Waals surface area contributed by atoms with Crippen molar-refractivity contribution in [2.45, 2.75) is 25.8 Å². The van der Waals surface area contributed by atoms with Crippen molar-refractivity contribution in [2.75, 3.05) is 64.9 Å². The van der Waals surface area contributed by atoms with Gasteiger partial charge in [0.1, 0.15) is 0 Å². The van der Waals surface area contributed by atoms with E-state index in [1.165, 1.54) is 0 Å². The molecule has 0 aromatic heterocycles. The Morgan fingerprint density at radius 1 is 1.07 bits per heavy atom. The zero-order valence-electron chi connectivity index (χ0n) is 17.3. The Hall–Kier alpha value is -2.28. The Morgan fingerprint density at radius 3 is 2.46 bits per heavy atom. The van der Waals surface area contributed by atoms with E-state index in [-0.39, 0.29) is 12.0 Å². The summed E-state index contributed by atoms with van der Waals surface area (Å²) < 4.78 is 5.10. The highest BCUT2D eigenvalue weighted by Gasteiger charge is 2.32. The number of likely N-dealkylation sites (tertiary alicyclic amines) is 1. The van der Waals surface area contributed by atoms with Crippen LogP contribution in [0.4, 0.5) is 10.5 Å². The van der Waals surface area contributed by atoms with Gasteiger partial charge in [-0.3, -0.25) is 9.69 Å². The van der Waals surface area contributed by atoms with Crippen LogP contribution in [0.1, 0.15) is 30.1 Å². The predicted octanol–water partition coefficient (Wildman–Crippen LogP) is 2.13. The molecule has 7 heteroatoms. The Morgan fingerprint density at radius 2 is 1.79 bits per heavy atom. The first-order valence-corrected chi connectivity index (χ1v) is 10.2. The van der Waals surface area contributed by atoms with Crippen molar-refractivity contribution in [3.8, 4) is 0 Å². The number of carbonyl (C=O) groups excluding carboxylic acids is 2. The first kappa shape index (κ1) is 20.5. The molecule has 2 aliphatic heterocycles. The van der Waals surface area contributed by atoms with Crippen LogP contribution >= 0.6 is 0 Å². The lowest BCUT2D eigenvalue weighted by atomic mass is 10.0. The molecule has 2 heterocycles. The topological polar surface area (TPSA) is 56.3 Å². The van der Waals surface area contributed by atoms with E-state index in [0.717, 1.165) is 50.3 Å². The van der Waals surface area contributed by atoms with Crippen molar-refractivity contribution in [2.24, 2.45) is 0 Å². The summed E-state index contributed by atoms with van der Waals surface area (Å²) in [6.45, 7) is 6.84. The molecule has 1 atom stereocenters. The SMILES string of the molecule is CCOC(=O)N1CCN([C@H]2CCCN(C(=O)c3ccccc3N(C)C)C2)CC1. The lowest BCUT2D eigenvalue weighted by Gasteiger charge is -2.43. The molecule has 2 fully saturated rings. The number of nitrogens with zero attached hydrogens (tertiary/aromatic N) is 4. The molecule has 2 amide bonds. The Kier molecular flexibility index (Phi) is 6.78. The predicted molar refractivity (Wildman–Crippen MR) is 110 cm³/mol. The van der Waals surface area contributed by atoms with Crippen LogP contribution in [-0.4, -0.2) is 92.7 Å². The van der Waals surface area contributed by atoms with Crippen molar-refractivity contribution >= 4 is 17.7 Å². The molecular formula is C21H32N4O3. The summed E-state index contributed by atoms with van der Waals surface area (Å²) in [6.07, 6.45) is 1.89. The molecule has 0 spiro atoms. The molecule has 2 saturated heterocycles. The van der Waals surface area contributed by atoms with Gasteiger partial charge >= 0.3 is 6.09 Å². The number of para-hydroxylation sites is 1. The van der Waals surface area contributed by atoms with Gasteiger partial charge in [-0.1, -0.05) is 12.1 Å². The molecule has 3 rings (SSSR count). The van der Waals surface area contributed by atoms with Gasteiger partial charge in [-0.15, -0.1) is 0 Å². The highest BCUT2D eigenvalue weighted by atomic mass is 16.6. The average molecular weight is 389 g/mol. The molecule has 0 radical (unpaired) electrons. The van der Waals surface area contributed by atoms with Crippen LogP contribution in [0.2, 0.25) is 0 Å². The molecule has 1 aromatic rings. The summed E-state index contributed by atoms with van der Waals surface area (Å²) in [5, 5.41) is 0. The molecule has 2 aliphatic rings. The number of amides is 2. The first-order valence-electron chi connectivity index (χ1n) is 10.2. The molecule has 0 unspecified atom stereocenters. The van der Waals surface area contributed by atoms with Crippen LogP contribution in [-0.2, 0) is 4.74 Å². The summed E-state index contributed by atoms with van der Waals surface area (Å²) in [4.78, 5) is 33.3. The smallest absolute Gasteiger partial charge is 0.409 e. The van der Waals surface area contributed by atoms with Gasteiger partial charge in [0.25, 0.3) is 5.91 Å². The van der Waals surface area contributed by atoms with E-state index >= 15 is 0 Å². The second-order valence-electron chi connectivity index (χ2n) is 7.68. The molecule has 0 N–H and O–H groups in total.